The first-order valence-corrected chi connectivity index (χ1v) is 10.2. The third kappa shape index (κ3) is 4.99. The van der Waals surface area contributed by atoms with Crippen LogP contribution in [-0.4, -0.2) is 60.9 Å². The molecule has 0 saturated carbocycles. The Bertz CT molecular complexity index is 1060. The zero-order valence-corrected chi connectivity index (χ0v) is 17.0. The Kier molecular flexibility index (Phi) is 6.40. The van der Waals surface area contributed by atoms with Gasteiger partial charge in [0.15, 0.2) is 0 Å². The molecule has 0 aliphatic carbocycles. The number of nitrogens with zero attached hydrogens (tertiary/aromatic N) is 2. The Morgan fingerprint density at radius 3 is 2.52 bits per heavy atom. The van der Waals surface area contributed by atoms with Crippen molar-refractivity contribution in [3.05, 3.63) is 66.4 Å². The van der Waals surface area contributed by atoms with Gasteiger partial charge in [0.1, 0.15) is 11.7 Å². The molecule has 160 valence electrons. The minimum absolute atomic E-state index is 0.180. The highest BCUT2D eigenvalue weighted by Crippen LogP contribution is 2.19. The number of pyridine rings is 1. The zero-order chi connectivity index (χ0) is 21.6. The highest BCUT2D eigenvalue weighted by Gasteiger charge is 2.22. The molecule has 2 heterocycles. The number of ether oxygens (including phenoxy) is 1. The molecule has 3 N–H and O–H groups in total. The third-order valence-corrected chi connectivity index (χ3v) is 5.15. The van der Waals surface area contributed by atoms with E-state index in [1.807, 2.05) is 36.4 Å². The molecule has 0 bridgehead atoms. The first kappa shape index (κ1) is 20.8. The Balaban J connectivity index is 1.38. The number of carbonyl (C=O) groups is 2. The molecule has 1 aromatic heterocycles. The lowest BCUT2D eigenvalue weighted by atomic mass is 10.2. The van der Waals surface area contributed by atoms with Crippen LogP contribution in [0, 0.1) is 0 Å². The smallest absolute Gasteiger partial charge is 0.270 e. The molecule has 31 heavy (non-hydrogen) atoms. The fraction of sp³-hybridized carbons (Fsp3) is 0.261. The average molecular weight is 420 g/mol. The normalized spacial score (nSPS) is 14.8. The number of anilines is 2. The number of para-hydroxylation sites is 1. The van der Waals surface area contributed by atoms with Crippen LogP contribution in [0.4, 0.5) is 11.4 Å². The van der Waals surface area contributed by atoms with Gasteiger partial charge in [-0.1, -0.05) is 24.3 Å². The standard InChI is InChI=1S/C23H24N4O4/c28-15-21(26-22(29)20-10-5-16-3-1-2-4-19(16)25-20)23(30)24-17-6-8-18(9-7-17)27-11-13-31-14-12-27/h1-10,21,28H,11-15H2,(H,24,30)(H,26,29). The summed E-state index contributed by atoms with van der Waals surface area (Å²) in [4.78, 5) is 31.7. The van der Waals surface area contributed by atoms with Gasteiger partial charge in [-0.05, 0) is 36.4 Å². The number of nitrogens with one attached hydrogen (secondary N) is 2. The Labute approximate surface area is 179 Å². The second-order valence-corrected chi connectivity index (χ2v) is 7.23. The molecular formula is C23H24N4O4. The van der Waals surface area contributed by atoms with Crippen molar-refractivity contribution in [1.82, 2.24) is 10.3 Å². The van der Waals surface area contributed by atoms with Crippen LogP contribution >= 0.6 is 0 Å². The summed E-state index contributed by atoms with van der Waals surface area (Å²) < 4.78 is 5.36. The van der Waals surface area contributed by atoms with Crippen molar-refractivity contribution < 1.29 is 19.4 Å². The molecule has 1 aliphatic rings. The van der Waals surface area contributed by atoms with E-state index in [4.69, 9.17) is 4.74 Å². The van der Waals surface area contributed by atoms with E-state index in [0.717, 1.165) is 24.2 Å². The van der Waals surface area contributed by atoms with Crippen LogP contribution in [-0.2, 0) is 9.53 Å². The van der Waals surface area contributed by atoms with Gasteiger partial charge in [0.2, 0.25) is 5.91 Å². The van der Waals surface area contributed by atoms with E-state index in [9.17, 15) is 14.7 Å². The summed E-state index contributed by atoms with van der Waals surface area (Å²) in [6.45, 7) is 2.52. The number of benzene rings is 2. The number of carbonyl (C=O) groups excluding carboxylic acids is 2. The molecule has 4 rings (SSSR count). The van der Waals surface area contributed by atoms with Crippen molar-refractivity contribution in [2.45, 2.75) is 6.04 Å². The molecule has 8 nitrogen and oxygen atoms in total. The van der Waals surface area contributed by atoms with E-state index in [-0.39, 0.29) is 5.69 Å². The van der Waals surface area contributed by atoms with Crippen LogP contribution in [0.25, 0.3) is 10.9 Å². The van der Waals surface area contributed by atoms with Crippen molar-refractivity contribution in [3.8, 4) is 0 Å². The Morgan fingerprint density at radius 1 is 1.03 bits per heavy atom. The molecule has 2 amide bonds. The van der Waals surface area contributed by atoms with E-state index in [0.29, 0.717) is 24.4 Å². The minimum Gasteiger partial charge on any atom is -0.394 e. The van der Waals surface area contributed by atoms with E-state index >= 15 is 0 Å². The summed E-state index contributed by atoms with van der Waals surface area (Å²) in [7, 11) is 0. The number of morpholine rings is 1. The second-order valence-electron chi connectivity index (χ2n) is 7.23. The second kappa shape index (κ2) is 9.55. The van der Waals surface area contributed by atoms with Gasteiger partial charge >= 0.3 is 0 Å². The lowest BCUT2D eigenvalue weighted by Crippen LogP contribution is -2.46. The lowest BCUT2D eigenvalue weighted by molar-refractivity contribution is -0.118. The topological polar surface area (TPSA) is 104 Å². The van der Waals surface area contributed by atoms with Crippen LogP contribution in [0.5, 0.6) is 0 Å². The molecule has 0 radical (unpaired) electrons. The maximum Gasteiger partial charge on any atom is 0.270 e. The number of hydrogen-bond donors (Lipinski definition) is 3. The van der Waals surface area contributed by atoms with E-state index in [2.05, 4.69) is 20.5 Å². The van der Waals surface area contributed by atoms with Gasteiger partial charge in [0.25, 0.3) is 5.91 Å². The van der Waals surface area contributed by atoms with Crippen molar-refractivity contribution in [3.63, 3.8) is 0 Å². The maximum atomic E-state index is 12.6. The van der Waals surface area contributed by atoms with Crippen LogP contribution in [0.1, 0.15) is 10.5 Å². The molecule has 0 spiro atoms. The molecule has 1 atom stereocenters. The Hall–Kier alpha value is -3.49. The summed E-state index contributed by atoms with van der Waals surface area (Å²) in [5.74, 6) is -1.03. The van der Waals surface area contributed by atoms with Gasteiger partial charge in [-0.15, -0.1) is 0 Å². The molecule has 1 aliphatic heterocycles. The van der Waals surface area contributed by atoms with Gasteiger partial charge in [-0.25, -0.2) is 4.98 Å². The van der Waals surface area contributed by atoms with Gasteiger partial charge in [-0.2, -0.15) is 0 Å². The van der Waals surface area contributed by atoms with Gasteiger partial charge in [-0.3, -0.25) is 9.59 Å². The molecule has 1 saturated heterocycles. The zero-order valence-electron chi connectivity index (χ0n) is 17.0. The predicted octanol–water partition coefficient (Wildman–Crippen LogP) is 1.80. The van der Waals surface area contributed by atoms with Gasteiger partial charge in [0.05, 0.1) is 25.3 Å². The van der Waals surface area contributed by atoms with Crippen molar-refractivity contribution in [1.29, 1.82) is 0 Å². The number of hydrogen-bond acceptors (Lipinski definition) is 6. The molecule has 1 fully saturated rings. The van der Waals surface area contributed by atoms with Crippen molar-refractivity contribution in [2.24, 2.45) is 0 Å². The largest absolute Gasteiger partial charge is 0.394 e. The fourth-order valence-corrected chi connectivity index (χ4v) is 3.43. The number of rotatable bonds is 6. The first-order valence-electron chi connectivity index (χ1n) is 10.2. The summed E-state index contributed by atoms with van der Waals surface area (Å²) >= 11 is 0. The van der Waals surface area contributed by atoms with Crippen LogP contribution in [0.3, 0.4) is 0 Å². The minimum atomic E-state index is -1.10. The van der Waals surface area contributed by atoms with Gasteiger partial charge < -0.3 is 25.4 Å². The van der Waals surface area contributed by atoms with E-state index < -0.39 is 24.5 Å². The number of fused-ring (bicyclic) bond motifs is 1. The van der Waals surface area contributed by atoms with Gasteiger partial charge in [0, 0.05) is 29.9 Å². The quantitative estimate of drug-likeness (QED) is 0.562. The van der Waals surface area contributed by atoms with E-state index in [1.54, 1.807) is 24.3 Å². The summed E-state index contributed by atoms with van der Waals surface area (Å²) in [5.41, 5.74) is 2.49. The number of amides is 2. The predicted molar refractivity (Wildman–Crippen MR) is 118 cm³/mol. The summed E-state index contributed by atoms with van der Waals surface area (Å²) in [6, 6.07) is 17.2. The molecule has 3 aromatic rings. The Morgan fingerprint density at radius 2 is 1.77 bits per heavy atom. The third-order valence-electron chi connectivity index (χ3n) is 5.15. The first-order chi connectivity index (χ1) is 15.1. The molecular weight excluding hydrogens is 396 g/mol. The van der Waals surface area contributed by atoms with Crippen LogP contribution in [0.15, 0.2) is 60.7 Å². The van der Waals surface area contributed by atoms with E-state index in [1.165, 1.54) is 0 Å². The van der Waals surface area contributed by atoms with Crippen molar-refractivity contribution >= 4 is 34.1 Å². The highest BCUT2D eigenvalue weighted by molar-refractivity contribution is 6.01. The molecule has 2 aromatic carbocycles. The SMILES string of the molecule is O=C(NC(CO)C(=O)Nc1ccc(N2CCOCC2)cc1)c1ccc2ccccc2n1. The molecule has 8 heteroatoms. The fourth-order valence-electron chi connectivity index (χ4n) is 3.43. The number of aromatic nitrogens is 1. The summed E-state index contributed by atoms with van der Waals surface area (Å²) in [6.07, 6.45) is 0. The van der Waals surface area contributed by atoms with Crippen molar-refractivity contribution in [2.75, 3.05) is 43.1 Å². The number of aliphatic hydroxyl groups is 1. The average Bonchev–Trinajstić information content (AvgIpc) is 2.83. The monoisotopic (exact) mass is 420 g/mol. The highest BCUT2D eigenvalue weighted by atomic mass is 16.5. The lowest BCUT2D eigenvalue weighted by Gasteiger charge is -2.29. The summed E-state index contributed by atoms with van der Waals surface area (Å²) in [5, 5.41) is 15.8. The number of aliphatic hydroxyl groups excluding tert-OH is 1. The van der Waals surface area contributed by atoms with Crippen LogP contribution < -0.4 is 15.5 Å². The maximum absolute atomic E-state index is 12.6. The molecule has 1 unspecified atom stereocenters. The van der Waals surface area contributed by atoms with Crippen LogP contribution in [0.2, 0.25) is 0 Å².